The highest BCUT2D eigenvalue weighted by molar-refractivity contribution is 6.02. The van der Waals surface area contributed by atoms with E-state index in [-0.39, 0.29) is 24.2 Å². The van der Waals surface area contributed by atoms with E-state index in [1.54, 1.807) is 18.1 Å². The monoisotopic (exact) mass is 321 g/mol. The van der Waals surface area contributed by atoms with Crippen LogP contribution in [0.5, 0.6) is 0 Å². The molecule has 2 aliphatic heterocycles. The molecule has 1 aromatic heterocycles. The van der Waals surface area contributed by atoms with E-state index in [1.807, 2.05) is 47.5 Å². The maximum absolute atomic E-state index is 12.9. The fraction of sp³-hybridized carbons (Fsp3) is 0.316. The number of carbonyl (C=O) groups is 2. The number of likely N-dealkylation sites (tertiary alicyclic amines) is 1. The van der Waals surface area contributed by atoms with Crippen LogP contribution in [0.4, 0.5) is 5.69 Å². The molecular formula is C19H19N3O2. The minimum absolute atomic E-state index is 0.00335. The average Bonchev–Trinajstić information content (AvgIpc) is 2.58. The van der Waals surface area contributed by atoms with Crippen molar-refractivity contribution in [2.75, 3.05) is 25.0 Å². The predicted molar refractivity (Wildman–Crippen MR) is 90.8 cm³/mol. The summed E-state index contributed by atoms with van der Waals surface area (Å²) in [5.74, 6) is 0.0417. The number of aromatic nitrogens is 1. The van der Waals surface area contributed by atoms with Gasteiger partial charge in [0.25, 0.3) is 0 Å². The Morgan fingerprint density at radius 1 is 1.17 bits per heavy atom. The number of benzene rings is 1. The van der Waals surface area contributed by atoms with Crippen LogP contribution in [0.1, 0.15) is 29.4 Å². The predicted octanol–water partition coefficient (Wildman–Crippen LogP) is 2.16. The zero-order valence-electron chi connectivity index (χ0n) is 13.6. The van der Waals surface area contributed by atoms with Crippen molar-refractivity contribution in [3.05, 3.63) is 59.9 Å². The van der Waals surface area contributed by atoms with Crippen molar-refractivity contribution < 1.29 is 9.59 Å². The van der Waals surface area contributed by atoms with Crippen LogP contribution in [-0.2, 0) is 9.59 Å². The molecule has 2 aliphatic rings. The Balaban J connectivity index is 1.52. The first-order valence-corrected chi connectivity index (χ1v) is 8.19. The molecule has 1 saturated heterocycles. The Kier molecular flexibility index (Phi) is 3.56. The molecule has 2 aromatic rings. The highest BCUT2D eigenvalue weighted by Gasteiger charge is 2.40. The fourth-order valence-corrected chi connectivity index (χ4v) is 3.57. The van der Waals surface area contributed by atoms with Gasteiger partial charge >= 0.3 is 0 Å². The second-order valence-electron chi connectivity index (χ2n) is 6.49. The van der Waals surface area contributed by atoms with E-state index >= 15 is 0 Å². The van der Waals surface area contributed by atoms with Gasteiger partial charge in [0, 0.05) is 50.6 Å². The zero-order valence-corrected chi connectivity index (χ0v) is 13.6. The molecule has 122 valence electrons. The summed E-state index contributed by atoms with van der Waals surface area (Å²) < 4.78 is 0. The van der Waals surface area contributed by atoms with Crippen LogP contribution in [0.2, 0.25) is 0 Å². The molecule has 3 heterocycles. The summed E-state index contributed by atoms with van der Waals surface area (Å²) in [5.41, 5.74) is 2.97. The van der Waals surface area contributed by atoms with Crippen molar-refractivity contribution in [1.29, 1.82) is 0 Å². The van der Waals surface area contributed by atoms with Crippen molar-refractivity contribution in [3.63, 3.8) is 0 Å². The van der Waals surface area contributed by atoms with E-state index in [2.05, 4.69) is 4.98 Å². The quantitative estimate of drug-likeness (QED) is 0.852. The molecule has 5 nitrogen and oxygen atoms in total. The number of amides is 2. The molecular weight excluding hydrogens is 302 g/mol. The van der Waals surface area contributed by atoms with Gasteiger partial charge in [-0.25, -0.2) is 0 Å². The molecule has 1 atom stereocenters. The van der Waals surface area contributed by atoms with E-state index in [4.69, 9.17) is 0 Å². The summed E-state index contributed by atoms with van der Waals surface area (Å²) >= 11 is 0. The van der Waals surface area contributed by atoms with Gasteiger partial charge in [0.2, 0.25) is 11.8 Å². The van der Waals surface area contributed by atoms with E-state index in [1.165, 1.54) is 5.56 Å². The minimum atomic E-state index is -0.361. The van der Waals surface area contributed by atoms with Crippen molar-refractivity contribution in [1.82, 2.24) is 9.88 Å². The van der Waals surface area contributed by atoms with Crippen molar-refractivity contribution >= 4 is 17.5 Å². The van der Waals surface area contributed by atoms with Gasteiger partial charge < -0.3 is 9.80 Å². The Morgan fingerprint density at radius 3 is 2.71 bits per heavy atom. The lowest BCUT2D eigenvalue weighted by atomic mass is 9.85. The third kappa shape index (κ3) is 2.37. The number of fused-ring (bicyclic) bond motifs is 1. The van der Waals surface area contributed by atoms with Gasteiger partial charge in [-0.05, 0) is 23.3 Å². The number of carbonyl (C=O) groups excluding carboxylic acids is 2. The Hall–Kier alpha value is -2.69. The standard InChI is InChI=1S/C19H19N3O2/c1-21-17-7-3-2-6-15(17)16(9-18(21)23)19(24)22-11-14(12-22)13-5-4-8-20-10-13/h2-8,10,14,16H,9,11-12H2,1H3/t16-/m0/s1. The summed E-state index contributed by atoms with van der Waals surface area (Å²) in [6.07, 6.45) is 3.87. The minimum Gasteiger partial charge on any atom is -0.341 e. The Bertz CT molecular complexity index is 784. The summed E-state index contributed by atoms with van der Waals surface area (Å²) in [4.78, 5) is 32.8. The number of hydrogen-bond acceptors (Lipinski definition) is 3. The fourth-order valence-electron chi connectivity index (χ4n) is 3.57. The molecule has 0 bridgehead atoms. The van der Waals surface area contributed by atoms with Crippen LogP contribution in [0, 0.1) is 0 Å². The molecule has 0 spiro atoms. The third-order valence-corrected chi connectivity index (χ3v) is 5.07. The molecule has 1 aromatic carbocycles. The van der Waals surface area contributed by atoms with E-state index in [0.29, 0.717) is 19.0 Å². The zero-order chi connectivity index (χ0) is 16.7. The smallest absolute Gasteiger partial charge is 0.230 e. The van der Waals surface area contributed by atoms with Gasteiger partial charge in [0.05, 0.1) is 5.92 Å². The van der Waals surface area contributed by atoms with Crippen LogP contribution in [0.25, 0.3) is 0 Å². The first-order chi connectivity index (χ1) is 11.6. The number of pyridine rings is 1. The maximum Gasteiger partial charge on any atom is 0.230 e. The molecule has 5 heteroatoms. The van der Waals surface area contributed by atoms with Crippen LogP contribution >= 0.6 is 0 Å². The molecule has 1 fully saturated rings. The van der Waals surface area contributed by atoms with Gasteiger partial charge in [0.1, 0.15) is 0 Å². The lowest BCUT2D eigenvalue weighted by Gasteiger charge is -2.42. The number of rotatable bonds is 2. The number of para-hydroxylation sites is 1. The van der Waals surface area contributed by atoms with Crippen LogP contribution in [0.3, 0.4) is 0 Å². The first kappa shape index (κ1) is 14.9. The van der Waals surface area contributed by atoms with E-state index in [0.717, 1.165) is 11.3 Å². The highest BCUT2D eigenvalue weighted by atomic mass is 16.2. The van der Waals surface area contributed by atoms with Gasteiger partial charge in [0.15, 0.2) is 0 Å². The molecule has 0 saturated carbocycles. The van der Waals surface area contributed by atoms with Crippen molar-refractivity contribution in [3.8, 4) is 0 Å². The Labute approximate surface area is 140 Å². The average molecular weight is 321 g/mol. The molecule has 0 N–H and O–H groups in total. The number of nitrogens with zero attached hydrogens (tertiary/aromatic N) is 3. The second kappa shape index (κ2) is 5.74. The maximum atomic E-state index is 12.9. The number of anilines is 1. The lowest BCUT2D eigenvalue weighted by molar-refractivity contribution is -0.139. The number of hydrogen-bond donors (Lipinski definition) is 0. The van der Waals surface area contributed by atoms with Gasteiger partial charge in [-0.15, -0.1) is 0 Å². The largest absolute Gasteiger partial charge is 0.341 e. The third-order valence-electron chi connectivity index (χ3n) is 5.07. The SMILES string of the molecule is CN1C(=O)C[C@H](C(=O)N2CC(c3cccnc3)C2)c2ccccc21. The van der Waals surface area contributed by atoms with Crippen LogP contribution in [-0.4, -0.2) is 41.8 Å². The van der Waals surface area contributed by atoms with E-state index in [9.17, 15) is 9.59 Å². The van der Waals surface area contributed by atoms with Crippen molar-refractivity contribution in [2.45, 2.75) is 18.3 Å². The summed E-state index contributed by atoms with van der Waals surface area (Å²) in [5, 5.41) is 0. The van der Waals surface area contributed by atoms with E-state index < -0.39 is 0 Å². The molecule has 0 unspecified atom stereocenters. The Morgan fingerprint density at radius 2 is 1.96 bits per heavy atom. The van der Waals surface area contributed by atoms with Crippen molar-refractivity contribution in [2.24, 2.45) is 0 Å². The molecule has 4 rings (SSSR count). The molecule has 2 amide bonds. The summed E-state index contributed by atoms with van der Waals surface area (Å²) in [6, 6.07) is 11.7. The van der Waals surface area contributed by atoms with Crippen LogP contribution in [0.15, 0.2) is 48.8 Å². The summed E-state index contributed by atoms with van der Waals surface area (Å²) in [7, 11) is 1.77. The first-order valence-electron chi connectivity index (χ1n) is 8.19. The van der Waals surface area contributed by atoms with Gasteiger partial charge in [-0.3, -0.25) is 14.6 Å². The molecule has 0 aliphatic carbocycles. The van der Waals surface area contributed by atoms with Crippen LogP contribution < -0.4 is 4.90 Å². The molecule has 24 heavy (non-hydrogen) atoms. The molecule has 0 radical (unpaired) electrons. The normalized spacial score (nSPS) is 20.5. The van der Waals surface area contributed by atoms with Gasteiger partial charge in [-0.1, -0.05) is 24.3 Å². The topological polar surface area (TPSA) is 53.5 Å². The lowest BCUT2D eigenvalue weighted by Crippen LogP contribution is -2.51. The highest BCUT2D eigenvalue weighted by Crippen LogP contribution is 2.38. The summed E-state index contributed by atoms with van der Waals surface area (Å²) in [6.45, 7) is 1.40. The second-order valence-corrected chi connectivity index (χ2v) is 6.49. The van der Waals surface area contributed by atoms with Gasteiger partial charge in [-0.2, -0.15) is 0 Å².